The van der Waals surface area contributed by atoms with Gasteiger partial charge in [-0.1, -0.05) is 133 Å². The zero-order chi connectivity index (χ0) is 43.2. The van der Waals surface area contributed by atoms with Crippen LogP contribution >= 0.6 is 0 Å². The summed E-state index contributed by atoms with van der Waals surface area (Å²) in [4.78, 5) is 0. The van der Waals surface area contributed by atoms with E-state index < -0.39 is 113 Å². The Morgan fingerprint density at radius 1 is 0.413 bits per heavy atom. The number of hydrogen-bond acceptors (Lipinski definition) is 2. The molecular formula is C44H26O2. The van der Waals surface area contributed by atoms with Gasteiger partial charge in [-0.2, -0.15) is 0 Å². The first-order valence-corrected chi connectivity index (χ1v) is 14.5. The van der Waals surface area contributed by atoms with Gasteiger partial charge in [-0.05, 0) is 67.7 Å². The summed E-state index contributed by atoms with van der Waals surface area (Å²) in [6, 6.07) is 9.21. The smallest absolute Gasteiger partial charge is 0.147 e. The third-order valence-corrected chi connectivity index (χ3v) is 8.36. The van der Waals surface area contributed by atoms with Gasteiger partial charge in [0.05, 0.1) is 25.9 Å². The van der Waals surface area contributed by atoms with Crippen molar-refractivity contribution < 1.29 is 29.4 Å². The molecule has 0 radical (unpaired) electrons. The summed E-state index contributed by atoms with van der Waals surface area (Å²) in [6.45, 7) is 0. The Balaban J connectivity index is 1.56. The summed E-state index contributed by atoms with van der Waals surface area (Å²) in [7, 11) is 0. The zero-order valence-electron chi connectivity index (χ0n) is 38.7. The zero-order valence-corrected chi connectivity index (χ0v) is 23.7. The molecule has 2 nitrogen and oxygen atoms in total. The van der Waals surface area contributed by atoms with Crippen molar-refractivity contribution in [1.82, 2.24) is 0 Å². The molecule has 10 aromatic rings. The van der Waals surface area contributed by atoms with Crippen molar-refractivity contribution in [2.24, 2.45) is 0 Å². The number of benzene rings is 8. The fourth-order valence-corrected chi connectivity index (χ4v) is 6.43. The average molecular weight is 602 g/mol. The van der Waals surface area contributed by atoms with Crippen molar-refractivity contribution in [1.29, 1.82) is 0 Å². The summed E-state index contributed by atoms with van der Waals surface area (Å²) in [5.41, 5.74) is 0.812. The Bertz CT molecular complexity index is 3570. The minimum atomic E-state index is -0.763. The average Bonchev–Trinajstić information content (AvgIpc) is 3.84. The third-order valence-electron chi connectivity index (χ3n) is 8.36. The van der Waals surface area contributed by atoms with E-state index in [-0.39, 0.29) is 44.0 Å². The minimum absolute atomic E-state index is 0.0785. The summed E-state index contributed by atoms with van der Waals surface area (Å²) < 4.78 is 149. The van der Waals surface area contributed by atoms with Crippen molar-refractivity contribution in [3.8, 4) is 33.6 Å². The predicted octanol–water partition coefficient (Wildman–Crippen LogP) is 12.8. The number of rotatable bonds is 3. The molecule has 214 valence electrons. The Kier molecular flexibility index (Phi) is 3.11. The second-order valence-electron chi connectivity index (χ2n) is 10.8. The van der Waals surface area contributed by atoms with E-state index in [2.05, 4.69) is 0 Å². The van der Waals surface area contributed by atoms with Crippen LogP contribution in [-0.4, -0.2) is 0 Å². The van der Waals surface area contributed by atoms with Crippen molar-refractivity contribution >= 4 is 65.2 Å². The maximum absolute atomic E-state index is 9.58. The van der Waals surface area contributed by atoms with Crippen LogP contribution in [0.25, 0.3) is 98.8 Å². The molecule has 0 aliphatic heterocycles. The molecule has 0 fully saturated rings. The molecular weight excluding hydrogens is 560 g/mol. The lowest BCUT2D eigenvalue weighted by Crippen LogP contribution is -1.92. The van der Waals surface area contributed by atoms with E-state index in [9.17, 15) is 8.22 Å². The molecule has 0 amide bonds. The van der Waals surface area contributed by atoms with Gasteiger partial charge in [0.15, 0.2) is 0 Å². The van der Waals surface area contributed by atoms with Crippen LogP contribution in [0.5, 0.6) is 0 Å². The van der Waals surface area contributed by atoms with E-state index in [0.717, 1.165) is 5.39 Å². The van der Waals surface area contributed by atoms with Crippen LogP contribution in [0, 0.1) is 0 Å². The van der Waals surface area contributed by atoms with Crippen LogP contribution < -0.4 is 0 Å². The van der Waals surface area contributed by atoms with Gasteiger partial charge >= 0.3 is 0 Å². The Morgan fingerprint density at radius 2 is 1.07 bits per heavy atom. The first-order valence-electron chi connectivity index (χ1n) is 22.0. The van der Waals surface area contributed by atoms with E-state index in [1.807, 2.05) is 18.2 Å². The molecule has 0 bridgehead atoms. The van der Waals surface area contributed by atoms with Crippen LogP contribution in [0.2, 0.25) is 0 Å². The van der Waals surface area contributed by atoms with Gasteiger partial charge in [0.2, 0.25) is 0 Å². The Morgan fingerprint density at radius 3 is 1.83 bits per heavy atom. The second kappa shape index (κ2) is 9.69. The summed E-state index contributed by atoms with van der Waals surface area (Å²) >= 11 is 0. The van der Waals surface area contributed by atoms with Crippen molar-refractivity contribution in [3.63, 3.8) is 0 Å². The molecule has 8 aromatic carbocycles. The van der Waals surface area contributed by atoms with E-state index in [1.54, 1.807) is 48.5 Å². The number of para-hydroxylation sites is 1. The molecule has 0 saturated heterocycles. The minimum Gasteiger partial charge on any atom is -0.455 e. The highest BCUT2D eigenvalue weighted by molar-refractivity contribution is 6.28. The normalized spacial score (nSPS) is 16.5. The Labute approximate surface area is 285 Å². The Hall–Kier alpha value is -6.12. The van der Waals surface area contributed by atoms with Crippen molar-refractivity contribution in [2.75, 3.05) is 0 Å². The fraction of sp³-hybridized carbons (Fsp3) is 0. The third kappa shape index (κ3) is 3.59. The van der Waals surface area contributed by atoms with E-state index in [0.29, 0.717) is 27.5 Å². The molecule has 0 aliphatic rings. The van der Waals surface area contributed by atoms with Crippen LogP contribution in [0.1, 0.15) is 20.6 Å². The van der Waals surface area contributed by atoms with Crippen molar-refractivity contribution in [3.05, 3.63) is 157 Å². The molecule has 0 aliphatic carbocycles. The summed E-state index contributed by atoms with van der Waals surface area (Å²) in [6.07, 6.45) is 0. The topological polar surface area (TPSA) is 26.3 Å². The van der Waals surface area contributed by atoms with E-state index in [1.165, 1.54) is 0 Å². The number of furan rings is 2. The van der Waals surface area contributed by atoms with Crippen LogP contribution in [0.15, 0.2) is 166 Å². The monoisotopic (exact) mass is 601 g/mol. The fourth-order valence-electron chi connectivity index (χ4n) is 6.43. The molecule has 10 rings (SSSR count). The lowest BCUT2D eigenvalue weighted by atomic mass is 9.84. The molecule has 0 saturated carbocycles. The van der Waals surface area contributed by atoms with Gasteiger partial charge in [0.25, 0.3) is 0 Å². The van der Waals surface area contributed by atoms with Gasteiger partial charge < -0.3 is 8.83 Å². The van der Waals surface area contributed by atoms with Gasteiger partial charge in [0.1, 0.15) is 22.5 Å². The lowest BCUT2D eigenvalue weighted by molar-refractivity contribution is 0.631. The second-order valence-corrected chi connectivity index (χ2v) is 10.8. The van der Waals surface area contributed by atoms with Crippen LogP contribution in [0.4, 0.5) is 0 Å². The highest BCUT2D eigenvalue weighted by Crippen LogP contribution is 2.51. The maximum Gasteiger partial charge on any atom is 0.147 e. The quantitative estimate of drug-likeness (QED) is 0.188. The van der Waals surface area contributed by atoms with Crippen molar-refractivity contribution in [2.45, 2.75) is 0 Å². The van der Waals surface area contributed by atoms with Gasteiger partial charge in [-0.3, -0.25) is 0 Å². The standard InChI is InChI=1S/C44H26O2/c1-2-13-28(14-3-1)43-42(41-38(46-43)25-24-36-31-16-10-11-21-37(31)45-44(36)41)40-34-19-8-6-17-32(34)39(33-18-7-9-20-35(33)40)30-23-22-27-12-4-5-15-29(27)26-30/h1-26H/i4D,5D,6D,7D,8D,9D,12D,15D,17D,18D,19D,20D,22D,23D,26D. The van der Waals surface area contributed by atoms with Gasteiger partial charge in [0, 0.05) is 27.5 Å². The predicted molar refractivity (Wildman–Crippen MR) is 192 cm³/mol. The highest BCUT2D eigenvalue weighted by atomic mass is 16.3. The molecule has 2 heteroatoms. The molecule has 2 heterocycles. The summed E-state index contributed by atoms with van der Waals surface area (Å²) in [5.74, 6) is 0.177. The number of hydrogen-bond donors (Lipinski definition) is 0. The highest BCUT2D eigenvalue weighted by Gasteiger charge is 2.26. The summed E-state index contributed by atoms with van der Waals surface area (Å²) in [5, 5.41) is -0.345. The molecule has 2 aromatic heterocycles. The maximum atomic E-state index is 9.58. The largest absolute Gasteiger partial charge is 0.455 e. The SMILES string of the molecule is [2H]c1c([2H])c([2H])c2c([2H])c(-c3c4c([2H])c([2H])c([2H])c([2H])c4c(-c4c(-c5ccccc5)oc5ccc6c7ccccc7oc6c45)c4c([2H])c([2H])c([2H])c([2H])c34)c([2H])c([2H])c2c1[2H]. The first-order chi connectivity index (χ1) is 29.1. The van der Waals surface area contributed by atoms with Gasteiger partial charge in [-0.15, -0.1) is 0 Å². The lowest BCUT2D eigenvalue weighted by Gasteiger charge is -2.18. The molecule has 46 heavy (non-hydrogen) atoms. The molecule has 0 N–H and O–H groups in total. The first kappa shape index (κ1) is 14.8. The van der Waals surface area contributed by atoms with E-state index >= 15 is 0 Å². The molecule has 0 atom stereocenters. The van der Waals surface area contributed by atoms with Gasteiger partial charge in [-0.25, -0.2) is 0 Å². The molecule has 0 spiro atoms. The number of fused-ring (bicyclic) bond motifs is 8. The van der Waals surface area contributed by atoms with Crippen LogP contribution in [0.3, 0.4) is 0 Å². The van der Waals surface area contributed by atoms with Crippen LogP contribution in [-0.2, 0) is 0 Å². The van der Waals surface area contributed by atoms with E-state index in [4.69, 9.17) is 21.2 Å². The molecule has 0 unspecified atom stereocenters.